The minimum absolute atomic E-state index is 0.239. The summed E-state index contributed by atoms with van der Waals surface area (Å²) in [5.74, 6) is -0.759. The highest BCUT2D eigenvalue weighted by Gasteiger charge is 2.14. The first-order chi connectivity index (χ1) is 7.93. The summed E-state index contributed by atoms with van der Waals surface area (Å²) in [7, 11) is 0. The molecule has 0 aliphatic heterocycles. The van der Waals surface area contributed by atoms with Crippen molar-refractivity contribution in [3.63, 3.8) is 0 Å². The van der Waals surface area contributed by atoms with Gasteiger partial charge in [-0.3, -0.25) is 9.59 Å². The first-order valence-electron chi connectivity index (χ1n) is 5.32. The van der Waals surface area contributed by atoms with Crippen molar-refractivity contribution in [2.45, 2.75) is 27.2 Å². The van der Waals surface area contributed by atoms with E-state index in [0.717, 1.165) is 16.9 Å². The first-order valence-corrected chi connectivity index (χ1v) is 6.14. The summed E-state index contributed by atoms with van der Waals surface area (Å²) in [6.07, 6.45) is 2.29. The van der Waals surface area contributed by atoms with Gasteiger partial charge >= 0.3 is 0 Å². The van der Waals surface area contributed by atoms with Crippen molar-refractivity contribution in [3.8, 4) is 0 Å². The van der Waals surface area contributed by atoms with Gasteiger partial charge in [0.1, 0.15) is 5.00 Å². The summed E-state index contributed by atoms with van der Waals surface area (Å²) >= 11 is 1.38. The first kappa shape index (κ1) is 13.4. The molecule has 0 radical (unpaired) electrons. The zero-order valence-corrected chi connectivity index (χ0v) is 11.0. The van der Waals surface area contributed by atoms with Crippen LogP contribution in [0.3, 0.4) is 0 Å². The quantitative estimate of drug-likeness (QED) is 0.807. The molecular weight excluding hydrogens is 236 g/mol. The maximum absolute atomic E-state index is 11.6. The number of nitrogens with one attached hydrogen (secondary N) is 1. The summed E-state index contributed by atoms with van der Waals surface area (Å²) in [5.41, 5.74) is 6.54. The molecule has 0 saturated carbocycles. The molecule has 0 spiro atoms. The molecule has 0 aliphatic carbocycles. The fourth-order valence-electron chi connectivity index (χ4n) is 1.30. The number of carbonyl (C=O) groups excluding carboxylic acids is 2. The van der Waals surface area contributed by atoms with Crippen LogP contribution in [0.25, 0.3) is 0 Å². The molecule has 1 rings (SSSR count). The number of nitrogens with two attached hydrogens (primary N) is 1. The molecule has 3 N–H and O–H groups in total. The summed E-state index contributed by atoms with van der Waals surface area (Å²) in [5, 5.41) is 3.21. The molecule has 0 atom stereocenters. The van der Waals surface area contributed by atoms with Crippen molar-refractivity contribution in [2.24, 2.45) is 5.73 Å². The van der Waals surface area contributed by atoms with Gasteiger partial charge in [-0.15, -0.1) is 11.3 Å². The van der Waals surface area contributed by atoms with Gasteiger partial charge in [-0.2, -0.15) is 0 Å². The van der Waals surface area contributed by atoms with Gasteiger partial charge in [0.15, 0.2) is 0 Å². The fraction of sp³-hybridized carbons (Fsp3) is 0.333. The Labute approximate surface area is 105 Å². The maximum atomic E-state index is 11.6. The highest BCUT2D eigenvalue weighted by molar-refractivity contribution is 7.16. The molecule has 0 aromatic carbocycles. The molecule has 0 saturated heterocycles. The lowest BCUT2D eigenvalue weighted by Gasteiger charge is -2.01. The molecule has 0 bridgehead atoms. The largest absolute Gasteiger partial charge is 0.366 e. The number of carbonyl (C=O) groups is 2. The Balaban J connectivity index is 2.97. The molecule has 4 nitrogen and oxygen atoms in total. The summed E-state index contributed by atoms with van der Waals surface area (Å²) in [4.78, 5) is 23.8. The third-order valence-corrected chi connectivity index (χ3v) is 3.25. The van der Waals surface area contributed by atoms with Crippen LogP contribution in [0.15, 0.2) is 17.7 Å². The van der Waals surface area contributed by atoms with Crippen LogP contribution in [0.1, 0.15) is 36.0 Å². The lowest BCUT2D eigenvalue weighted by molar-refractivity contribution is -0.111. The molecule has 2 amide bonds. The standard InChI is InChI=1S/C12H16N2O2S/c1-4-8-6-9(11(13)16)12(17-8)14-10(15)5-7(2)3/h5-6H,4H2,1-3H3,(H2,13,16)(H,14,15). The van der Waals surface area contributed by atoms with E-state index in [1.54, 1.807) is 6.07 Å². The Morgan fingerprint density at radius 3 is 2.59 bits per heavy atom. The topological polar surface area (TPSA) is 72.2 Å². The molecule has 17 heavy (non-hydrogen) atoms. The van der Waals surface area contributed by atoms with Gasteiger partial charge in [0.2, 0.25) is 5.91 Å². The van der Waals surface area contributed by atoms with Crippen molar-refractivity contribution in [2.75, 3.05) is 5.32 Å². The molecule has 0 fully saturated rings. The SMILES string of the molecule is CCc1cc(C(N)=O)c(NC(=O)C=C(C)C)s1. The van der Waals surface area contributed by atoms with E-state index in [0.29, 0.717) is 10.6 Å². The highest BCUT2D eigenvalue weighted by Crippen LogP contribution is 2.28. The number of hydrogen-bond donors (Lipinski definition) is 2. The average molecular weight is 252 g/mol. The Hall–Kier alpha value is -1.62. The van der Waals surface area contributed by atoms with Crippen LogP contribution in [0.4, 0.5) is 5.00 Å². The van der Waals surface area contributed by atoms with Crippen LogP contribution < -0.4 is 11.1 Å². The van der Waals surface area contributed by atoms with E-state index in [9.17, 15) is 9.59 Å². The van der Waals surface area contributed by atoms with Gasteiger partial charge in [0, 0.05) is 11.0 Å². The summed E-state index contributed by atoms with van der Waals surface area (Å²) in [6, 6.07) is 1.73. The number of allylic oxidation sites excluding steroid dienone is 1. The van der Waals surface area contributed by atoms with Crippen LogP contribution in [0.5, 0.6) is 0 Å². The molecule has 1 aromatic rings. The van der Waals surface area contributed by atoms with E-state index < -0.39 is 5.91 Å². The number of hydrogen-bond acceptors (Lipinski definition) is 3. The number of primary amides is 1. The van der Waals surface area contributed by atoms with Crippen molar-refractivity contribution in [1.29, 1.82) is 0 Å². The van der Waals surface area contributed by atoms with Crippen LogP contribution in [-0.4, -0.2) is 11.8 Å². The number of anilines is 1. The number of thiophene rings is 1. The zero-order chi connectivity index (χ0) is 13.0. The third kappa shape index (κ3) is 3.71. The Bertz CT molecular complexity index is 471. The summed E-state index contributed by atoms with van der Waals surface area (Å²) < 4.78 is 0. The zero-order valence-electron chi connectivity index (χ0n) is 10.2. The molecule has 92 valence electrons. The smallest absolute Gasteiger partial charge is 0.251 e. The van der Waals surface area contributed by atoms with Gasteiger partial charge < -0.3 is 11.1 Å². The van der Waals surface area contributed by atoms with Crippen molar-refractivity contribution >= 4 is 28.2 Å². The van der Waals surface area contributed by atoms with Crippen LogP contribution in [0.2, 0.25) is 0 Å². The second-order valence-electron chi connectivity index (χ2n) is 3.88. The predicted molar refractivity (Wildman–Crippen MR) is 70.3 cm³/mol. The highest BCUT2D eigenvalue weighted by atomic mass is 32.1. The van der Waals surface area contributed by atoms with Crippen LogP contribution >= 0.6 is 11.3 Å². The van der Waals surface area contributed by atoms with Crippen molar-refractivity contribution in [3.05, 3.63) is 28.2 Å². The van der Waals surface area contributed by atoms with E-state index in [1.807, 2.05) is 20.8 Å². The van der Waals surface area contributed by atoms with Gasteiger partial charge in [-0.25, -0.2) is 0 Å². The van der Waals surface area contributed by atoms with Crippen molar-refractivity contribution in [1.82, 2.24) is 0 Å². The Morgan fingerprint density at radius 2 is 2.12 bits per heavy atom. The average Bonchev–Trinajstić information content (AvgIpc) is 2.59. The lowest BCUT2D eigenvalue weighted by Crippen LogP contribution is -2.15. The van der Waals surface area contributed by atoms with E-state index in [2.05, 4.69) is 5.32 Å². The van der Waals surface area contributed by atoms with E-state index in [1.165, 1.54) is 17.4 Å². The molecule has 0 aliphatic rings. The second-order valence-corrected chi connectivity index (χ2v) is 5.02. The molecular formula is C12H16N2O2S. The van der Waals surface area contributed by atoms with Crippen molar-refractivity contribution < 1.29 is 9.59 Å². The van der Waals surface area contributed by atoms with Crippen LogP contribution in [0, 0.1) is 0 Å². The molecule has 5 heteroatoms. The normalized spacial score (nSPS) is 9.82. The van der Waals surface area contributed by atoms with E-state index in [4.69, 9.17) is 5.73 Å². The minimum Gasteiger partial charge on any atom is -0.366 e. The van der Waals surface area contributed by atoms with E-state index >= 15 is 0 Å². The molecule has 1 heterocycles. The number of rotatable bonds is 4. The monoisotopic (exact) mass is 252 g/mol. The maximum Gasteiger partial charge on any atom is 0.251 e. The molecule has 1 aromatic heterocycles. The Morgan fingerprint density at radius 1 is 1.47 bits per heavy atom. The number of amides is 2. The molecule has 0 unspecified atom stereocenters. The van der Waals surface area contributed by atoms with Gasteiger partial charge in [0.05, 0.1) is 5.56 Å². The lowest BCUT2D eigenvalue weighted by atomic mass is 10.2. The number of aryl methyl sites for hydroxylation is 1. The third-order valence-electron chi connectivity index (χ3n) is 2.05. The van der Waals surface area contributed by atoms with Gasteiger partial charge in [0.25, 0.3) is 5.91 Å². The minimum atomic E-state index is -0.520. The second kappa shape index (κ2) is 5.63. The predicted octanol–water partition coefficient (Wildman–Crippen LogP) is 2.31. The van der Waals surface area contributed by atoms with Crippen LogP contribution in [-0.2, 0) is 11.2 Å². The van der Waals surface area contributed by atoms with Gasteiger partial charge in [-0.05, 0) is 26.3 Å². The van der Waals surface area contributed by atoms with Gasteiger partial charge in [-0.1, -0.05) is 12.5 Å². The Kier molecular flexibility index (Phi) is 4.45. The fourth-order valence-corrected chi connectivity index (χ4v) is 2.31. The van der Waals surface area contributed by atoms with E-state index in [-0.39, 0.29) is 5.91 Å². The summed E-state index contributed by atoms with van der Waals surface area (Å²) in [6.45, 7) is 5.65.